The SMILES string of the molecule is CCN(CC)C(CNC(=O)c1[nH]c(C)c(C(C)=O)c1C)c1ccsc1. The van der Waals surface area contributed by atoms with Crippen LogP contribution in [0.3, 0.4) is 0 Å². The van der Waals surface area contributed by atoms with Crippen LogP contribution in [0.25, 0.3) is 0 Å². The predicted octanol–water partition coefficient (Wildman–Crippen LogP) is 3.71. The van der Waals surface area contributed by atoms with Crippen LogP contribution in [0.2, 0.25) is 0 Å². The topological polar surface area (TPSA) is 65.2 Å². The number of nitrogens with zero attached hydrogens (tertiary/aromatic N) is 1. The van der Waals surface area contributed by atoms with Crippen LogP contribution >= 0.6 is 11.3 Å². The van der Waals surface area contributed by atoms with Crippen LogP contribution in [0.1, 0.15) is 64.5 Å². The first-order valence-electron chi connectivity index (χ1n) is 8.65. The highest BCUT2D eigenvalue weighted by Crippen LogP contribution is 2.23. The maximum Gasteiger partial charge on any atom is 0.268 e. The Hall–Kier alpha value is -1.92. The number of likely N-dealkylation sites (N-methyl/N-ethyl adjacent to an activating group) is 1. The summed E-state index contributed by atoms with van der Waals surface area (Å²) >= 11 is 1.66. The van der Waals surface area contributed by atoms with Gasteiger partial charge in [0.05, 0.1) is 6.04 Å². The van der Waals surface area contributed by atoms with Crippen LogP contribution in [0, 0.1) is 13.8 Å². The smallest absolute Gasteiger partial charge is 0.268 e. The van der Waals surface area contributed by atoms with E-state index in [2.05, 4.69) is 45.9 Å². The molecule has 0 aliphatic carbocycles. The van der Waals surface area contributed by atoms with Crippen LogP contribution in [0.4, 0.5) is 0 Å². The van der Waals surface area contributed by atoms with Crippen molar-refractivity contribution >= 4 is 23.0 Å². The lowest BCUT2D eigenvalue weighted by Gasteiger charge is -2.29. The van der Waals surface area contributed by atoms with Crippen molar-refractivity contribution in [1.82, 2.24) is 15.2 Å². The molecule has 0 radical (unpaired) electrons. The third-order valence-electron chi connectivity index (χ3n) is 4.65. The summed E-state index contributed by atoms with van der Waals surface area (Å²) in [5, 5.41) is 7.23. The minimum absolute atomic E-state index is 0.0235. The monoisotopic (exact) mass is 361 g/mol. The second-order valence-corrected chi connectivity index (χ2v) is 6.96. The molecule has 1 unspecified atom stereocenters. The van der Waals surface area contributed by atoms with Gasteiger partial charge in [-0.2, -0.15) is 11.3 Å². The normalized spacial score (nSPS) is 12.4. The van der Waals surface area contributed by atoms with Gasteiger partial charge in [0.15, 0.2) is 5.78 Å². The van der Waals surface area contributed by atoms with Gasteiger partial charge in [0.2, 0.25) is 0 Å². The first-order chi connectivity index (χ1) is 11.9. The summed E-state index contributed by atoms with van der Waals surface area (Å²) in [6.45, 7) is 11.8. The van der Waals surface area contributed by atoms with Crippen molar-refractivity contribution in [2.45, 2.75) is 40.7 Å². The Bertz CT molecular complexity index is 730. The highest BCUT2D eigenvalue weighted by atomic mass is 32.1. The van der Waals surface area contributed by atoms with Crippen LogP contribution in [0.5, 0.6) is 0 Å². The zero-order valence-corrected chi connectivity index (χ0v) is 16.4. The number of nitrogens with one attached hydrogen (secondary N) is 2. The van der Waals surface area contributed by atoms with Gasteiger partial charge in [-0.05, 0) is 61.8 Å². The zero-order valence-electron chi connectivity index (χ0n) is 15.6. The number of hydrogen-bond donors (Lipinski definition) is 2. The van der Waals surface area contributed by atoms with E-state index < -0.39 is 0 Å². The number of aromatic nitrogens is 1. The van der Waals surface area contributed by atoms with Crippen molar-refractivity contribution < 1.29 is 9.59 Å². The lowest BCUT2D eigenvalue weighted by atomic mass is 10.1. The highest BCUT2D eigenvalue weighted by Gasteiger charge is 2.23. The van der Waals surface area contributed by atoms with E-state index >= 15 is 0 Å². The molecule has 0 saturated heterocycles. The number of rotatable bonds is 8. The van der Waals surface area contributed by atoms with E-state index in [9.17, 15) is 9.59 Å². The Morgan fingerprint density at radius 1 is 1.28 bits per heavy atom. The van der Waals surface area contributed by atoms with Gasteiger partial charge in [0, 0.05) is 17.8 Å². The Morgan fingerprint density at radius 2 is 1.96 bits per heavy atom. The van der Waals surface area contributed by atoms with Crippen molar-refractivity contribution in [2.75, 3.05) is 19.6 Å². The van der Waals surface area contributed by atoms with Gasteiger partial charge >= 0.3 is 0 Å². The van der Waals surface area contributed by atoms with Crippen LogP contribution in [-0.4, -0.2) is 41.2 Å². The number of aryl methyl sites for hydroxylation is 1. The average Bonchev–Trinajstić information content (AvgIpc) is 3.19. The Labute approximate surface area is 153 Å². The van der Waals surface area contributed by atoms with Crippen molar-refractivity contribution in [3.63, 3.8) is 0 Å². The second-order valence-electron chi connectivity index (χ2n) is 6.18. The summed E-state index contributed by atoms with van der Waals surface area (Å²) in [7, 11) is 0. The Kier molecular flexibility index (Phi) is 6.56. The van der Waals surface area contributed by atoms with Crippen LogP contribution in [0.15, 0.2) is 16.8 Å². The van der Waals surface area contributed by atoms with Gasteiger partial charge in [-0.3, -0.25) is 14.5 Å². The summed E-state index contributed by atoms with van der Waals surface area (Å²) in [6.07, 6.45) is 0. The van der Waals surface area contributed by atoms with Crippen molar-refractivity contribution in [3.8, 4) is 0 Å². The number of H-pyrrole nitrogens is 1. The molecule has 6 heteroatoms. The van der Waals surface area contributed by atoms with E-state index in [0.29, 0.717) is 17.8 Å². The van der Waals surface area contributed by atoms with E-state index in [1.165, 1.54) is 12.5 Å². The molecule has 2 N–H and O–H groups in total. The molecular formula is C19H27N3O2S. The fourth-order valence-corrected chi connectivity index (χ4v) is 4.08. The summed E-state index contributed by atoms with van der Waals surface area (Å²) in [6, 6.07) is 2.26. The molecule has 0 aliphatic heterocycles. The molecule has 2 rings (SSSR count). The molecular weight excluding hydrogens is 334 g/mol. The van der Waals surface area contributed by atoms with Gasteiger partial charge in [-0.1, -0.05) is 13.8 Å². The van der Waals surface area contributed by atoms with Gasteiger partial charge in [0.25, 0.3) is 5.91 Å². The number of thiophene rings is 1. The standard InChI is InChI=1S/C19H27N3O2S/c1-6-22(7-2)16(15-8-9-25-11-15)10-20-19(24)18-12(3)17(14(5)23)13(4)21-18/h8-9,11,16,21H,6-7,10H2,1-5H3,(H,20,24). The molecule has 5 nitrogen and oxygen atoms in total. The number of hydrogen-bond acceptors (Lipinski definition) is 4. The van der Waals surface area contributed by atoms with Crippen molar-refractivity contribution in [1.29, 1.82) is 0 Å². The second kappa shape index (κ2) is 8.45. The van der Waals surface area contributed by atoms with Crippen molar-refractivity contribution in [2.24, 2.45) is 0 Å². The predicted molar refractivity (Wildman–Crippen MR) is 103 cm³/mol. The molecule has 0 bridgehead atoms. The van der Waals surface area contributed by atoms with E-state index in [1.807, 2.05) is 13.8 Å². The summed E-state index contributed by atoms with van der Waals surface area (Å²) in [5.74, 6) is -0.190. The number of carbonyl (C=O) groups excluding carboxylic acids is 2. The molecule has 136 valence electrons. The summed E-state index contributed by atoms with van der Waals surface area (Å²) in [5.41, 5.74) is 3.78. The van der Waals surface area contributed by atoms with Gasteiger partial charge in [0.1, 0.15) is 5.69 Å². The molecule has 2 aromatic rings. The minimum atomic E-state index is -0.166. The largest absolute Gasteiger partial charge is 0.354 e. The highest BCUT2D eigenvalue weighted by molar-refractivity contribution is 7.07. The van der Waals surface area contributed by atoms with Crippen LogP contribution < -0.4 is 5.32 Å². The third-order valence-corrected chi connectivity index (χ3v) is 5.36. The zero-order chi connectivity index (χ0) is 18.6. The first-order valence-corrected chi connectivity index (χ1v) is 9.59. The van der Waals surface area contributed by atoms with E-state index in [1.54, 1.807) is 11.3 Å². The van der Waals surface area contributed by atoms with Crippen LogP contribution in [-0.2, 0) is 0 Å². The maximum atomic E-state index is 12.7. The molecule has 0 saturated carbocycles. The molecule has 0 fully saturated rings. The lowest BCUT2D eigenvalue weighted by Crippen LogP contribution is -2.38. The molecule has 2 heterocycles. The third kappa shape index (κ3) is 4.19. The van der Waals surface area contributed by atoms with Crippen molar-refractivity contribution in [3.05, 3.63) is 44.9 Å². The quantitative estimate of drug-likeness (QED) is 0.705. The molecule has 25 heavy (non-hydrogen) atoms. The minimum Gasteiger partial charge on any atom is -0.354 e. The van der Waals surface area contributed by atoms with Gasteiger partial charge in [-0.15, -0.1) is 0 Å². The van der Waals surface area contributed by atoms with E-state index in [-0.39, 0.29) is 17.7 Å². The number of ketones is 1. The molecule has 0 aliphatic rings. The average molecular weight is 362 g/mol. The first kappa shape index (κ1) is 19.4. The van der Waals surface area contributed by atoms with E-state index in [4.69, 9.17) is 0 Å². The lowest BCUT2D eigenvalue weighted by molar-refractivity contribution is 0.0929. The summed E-state index contributed by atoms with van der Waals surface area (Å²) < 4.78 is 0. The Morgan fingerprint density at radius 3 is 2.44 bits per heavy atom. The van der Waals surface area contributed by atoms with Gasteiger partial charge in [-0.25, -0.2) is 0 Å². The van der Waals surface area contributed by atoms with E-state index in [0.717, 1.165) is 24.3 Å². The van der Waals surface area contributed by atoms with Gasteiger partial charge < -0.3 is 10.3 Å². The maximum absolute atomic E-state index is 12.7. The molecule has 2 aromatic heterocycles. The fourth-order valence-electron chi connectivity index (χ4n) is 3.37. The number of amides is 1. The molecule has 0 spiro atoms. The number of aromatic amines is 1. The summed E-state index contributed by atoms with van der Waals surface area (Å²) in [4.78, 5) is 29.8. The fraction of sp³-hybridized carbons (Fsp3) is 0.474. The molecule has 1 atom stereocenters. The Balaban J connectivity index is 2.17. The number of Topliss-reactive ketones (excluding diaryl/α,β-unsaturated/α-hetero) is 1. The molecule has 1 amide bonds. The molecule has 0 aromatic carbocycles. The number of carbonyl (C=O) groups is 2.